The van der Waals surface area contributed by atoms with E-state index in [4.69, 9.17) is 17.3 Å². The molecule has 96 valence electrons. The van der Waals surface area contributed by atoms with Gasteiger partial charge in [-0.15, -0.1) is 0 Å². The van der Waals surface area contributed by atoms with Crippen molar-refractivity contribution in [2.24, 2.45) is 11.7 Å². The predicted molar refractivity (Wildman–Crippen MR) is 68.8 cm³/mol. The fourth-order valence-electron chi connectivity index (χ4n) is 1.86. The lowest BCUT2D eigenvalue weighted by atomic mass is 10.1. The molecule has 0 spiro atoms. The quantitative estimate of drug-likeness (QED) is 0.841. The zero-order valence-corrected chi connectivity index (χ0v) is 11.5. The standard InChI is InChI=1S/C11H9BrClFN2O2/c12-6-1-2-7(10(14)9(6)13)16-4-5(11(15)18)3-8(16)17/h1-2,5H,3-4H2,(H2,15,18). The maximum Gasteiger partial charge on any atom is 0.227 e. The lowest BCUT2D eigenvalue weighted by molar-refractivity contribution is -0.123. The first-order valence-electron chi connectivity index (χ1n) is 5.15. The van der Waals surface area contributed by atoms with Gasteiger partial charge in [0, 0.05) is 17.4 Å². The van der Waals surface area contributed by atoms with Crippen LogP contribution in [0, 0.1) is 11.7 Å². The summed E-state index contributed by atoms with van der Waals surface area (Å²) in [6, 6.07) is 2.98. The molecule has 1 aliphatic heterocycles. The third kappa shape index (κ3) is 2.22. The molecule has 1 unspecified atom stereocenters. The van der Waals surface area contributed by atoms with Gasteiger partial charge in [0.2, 0.25) is 11.8 Å². The summed E-state index contributed by atoms with van der Waals surface area (Å²) in [5.74, 6) is -2.17. The highest BCUT2D eigenvalue weighted by Crippen LogP contribution is 2.34. The molecular weight excluding hydrogens is 326 g/mol. The van der Waals surface area contributed by atoms with Gasteiger partial charge in [-0.1, -0.05) is 11.6 Å². The van der Waals surface area contributed by atoms with E-state index in [1.165, 1.54) is 11.0 Å². The van der Waals surface area contributed by atoms with E-state index < -0.39 is 17.6 Å². The minimum atomic E-state index is -0.690. The molecule has 1 heterocycles. The zero-order chi connectivity index (χ0) is 13.4. The fourth-order valence-corrected chi connectivity index (χ4v) is 2.32. The molecule has 1 fully saturated rings. The number of carbonyl (C=O) groups excluding carboxylic acids is 2. The van der Waals surface area contributed by atoms with Crippen molar-refractivity contribution in [2.45, 2.75) is 6.42 Å². The van der Waals surface area contributed by atoms with E-state index in [-0.39, 0.29) is 29.6 Å². The van der Waals surface area contributed by atoms with Crippen LogP contribution in [0.25, 0.3) is 0 Å². The third-order valence-corrected chi connectivity index (χ3v) is 4.09. The second kappa shape index (κ2) is 4.85. The van der Waals surface area contributed by atoms with Gasteiger partial charge >= 0.3 is 0 Å². The predicted octanol–water partition coefficient (Wildman–Crippen LogP) is 2.08. The smallest absolute Gasteiger partial charge is 0.227 e. The van der Waals surface area contributed by atoms with E-state index in [1.807, 2.05) is 0 Å². The van der Waals surface area contributed by atoms with Crippen molar-refractivity contribution >= 4 is 45.0 Å². The van der Waals surface area contributed by atoms with Crippen LogP contribution in [0.5, 0.6) is 0 Å². The average Bonchev–Trinajstić information content (AvgIpc) is 2.69. The van der Waals surface area contributed by atoms with Gasteiger partial charge in [0.25, 0.3) is 0 Å². The second-order valence-corrected chi connectivity index (χ2v) is 5.23. The van der Waals surface area contributed by atoms with Crippen LogP contribution >= 0.6 is 27.5 Å². The Balaban J connectivity index is 2.36. The number of hydrogen-bond donors (Lipinski definition) is 1. The number of carbonyl (C=O) groups is 2. The number of rotatable bonds is 2. The molecule has 1 atom stereocenters. The molecule has 0 bridgehead atoms. The van der Waals surface area contributed by atoms with Crippen LogP contribution in [0.15, 0.2) is 16.6 Å². The van der Waals surface area contributed by atoms with Crippen LogP contribution in [0.2, 0.25) is 5.02 Å². The lowest BCUT2D eigenvalue weighted by Gasteiger charge is -2.18. The molecule has 1 aliphatic rings. The number of nitrogens with zero attached hydrogens (tertiary/aromatic N) is 1. The summed E-state index contributed by atoms with van der Waals surface area (Å²) in [6.07, 6.45) is 0.00244. The summed E-state index contributed by atoms with van der Waals surface area (Å²) in [6.45, 7) is 0.0864. The minimum absolute atomic E-state index is 0.00244. The highest BCUT2D eigenvalue weighted by Gasteiger charge is 2.35. The summed E-state index contributed by atoms with van der Waals surface area (Å²) in [5.41, 5.74) is 5.21. The van der Waals surface area contributed by atoms with Gasteiger partial charge in [0.05, 0.1) is 16.6 Å². The maximum absolute atomic E-state index is 13.9. The number of amides is 2. The van der Waals surface area contributed by atoms with E-state index in [9.17, 15) is 14.0 Å². The van der Waals surface area contributed by atoms with E-state index in [1.54, 1.807) is 6.07 Å². The molecule has 1 aromatic rings. The summed E-state index contributed by atoms with van der Waals surface area (Å²) < 4.78 is 14.3. The first kappa shape index (κ1) is 13.3. The number of benzene rings is 1. The van der Waals surface area contributed by atoms with Crippen molar-refractivity contribution in [2.75, 3.05) is 11.4 Å². The highest BCUT2D eigenvalue weighted by atomic mass is 79.9. The highest BCUT2D eigenvalue weighted by molar-refractivity contribution is 9.10. The van der Waals surface area contributed by atoms with Crippen LogP contribution in [0.1, 0.15) is 6.42 Å². The molecular formula is C11H9BrClFN2O2. The molecule has 1 saturated heterocycles. The maximum atomic E-state index is 13.9. The van der Waals surface area contributed by atoms with Crippen LogP contribution < -0.4 is 10.6 Å². The number of anilines is 1. The fraction of sp³-hybridized carbons (Fsp3) is 0.273. The van der Waals surface area contributed by atoms with Gasteiger partial charge in [-0.2, -0.15) is 0 Å². The summed E-state index contributed by atoms with van der Waals surface area (Å²) in [5, 5.41) is -0.0946. The Morgan fingerprint density at radius 3 is 2.78 bits per heavy atom. The van der Waals surface area contributed by atoms with E-state index in [2.05, 4.69) is 15.9 Å². The molecule has 0 radical (unpaired) electrons. The van der Waals surface area contributed by atoms with Crippen molar-refractivity contribution in [3.05, 3.63) is 27.4 Å². The first-order chi connectivity index (χ1) is 8.41. The van der Waals surface area contributed by atoms with Crippen LogP contribution in [-0.2, 0) is 9.59 Å². The van der Waals surface area contributed by atoms with E-state index in [0.717, 1.165) is 0 Å². The van der Waals surface area contributed by atoms with Gasteiger partial charge in [-0.25, -0.2) is 4.39 Å². The second-order valence-electron chi connectivity index (χ2n) is 4.00. The number of primary amides is 1. The summed E-state index contributed by atoms with van der Waals surface area (Å²) in [4.78, 5) is 24.0. The number of halogens is 3. The largest absolute Gasteiger partial charge is 0.369 e. The Labute approximate surface area is 116 Å². The molecule has 1 aromatic carbocycles. The van der Waals surface area contributed by atoms with Gasteiger partial charge in [0.15, 0.2) is 5.82 Å². The zero-order valence-electron chi connectivity index (χ0n) is 9.12. The van der Waals surface area contributed by atoms with Crippen LogP contribution in [0.4, 0.5) is 10.1 Å². The molecule has 2 N–H and O–H groups in total. The minimum Gasteiger partial charge on any atom is -0.369 e. The van der Waals surface area contributed by atoms with Gasteiger partial charge in [-0.05, 0) is 28.1 Å². The van der Waals surface area contributed by atoms with Crippen LogP contribution in [0.3, 0.4) is 0 Å². The molecule has 0 saturated carbocycles. The van der Waals surface area contributed by atoms with E-state index >= 15 is 0 Å². The monoisotopic (exact) mass is 334 g/mol. The molecule has 2 amide bonds. The average molecular weight is 336 g/mol. The molecule has 2 rings (SSSR count). The Kier molecular flexibility index (Phi) is 3.59. The Hall–Kier alpha value is -1.14. The number of hydrogen-bond acceptors (Lipinski definition) is 2. The van der Waals surface area contributed by atoms with Gasteiger partial charge in [-0.3, -0.25) is 9.59 Å². The van der Waals surface area contributed by atoms with Gasteiger partial charge in [0.1, 0.15) is 0 Å². The Bertz CT molecular complexity index is 538. The molecule has 0 aromatic heterocycles. The summed E-state index contributed by atoms with van der Waals surface area (Å²) in [7, 11) is 0. The molecule has 0 aliphatic carbocycles. The number of nitrogens with two attached hydrogens (primary N) is 1. The first-order valence-corrected chi connectivity index (χ1v) is 6.32. The van der Waals surface area contributed by atoms with E-state index in [0.29, 0.717) is 4.47 Å². The van der Waals surface area contributed by atoms with Gasteiger partial charge < -0.3 is 10.6 Å². The lowest BCUT2D eigenvalue weighted by Crippen LogP contribution is -2.29. The molecule has 18 heavy (non-hydrogen) atoms. The van der Waals surface area contributed by atoms with Crippen molar-refractivity contribution in [1.82, 2.24) is 0 Å². The molecule has 7 heteroatoms. The Morgan fingerprint density at radius 1 is 1.56 bits per heavy atom. The Morgan fingerprint density at radius 2 is 2.22 bits per heavy atom. The SMILES string of the molecule is NC(=O)C1CC(=O)N(c2ccc(Br)c(Cl)c2F)C1. The third-order valence-electron chi connectivity index (χ3n) is 2.83. The normalized spacial score (nSPS) is 19.4. The van der Waals surface area contributed by atoms with Crippen molar-refractivity contribution < 1.29 is 14.0 Å². The summed E-state index contributed by atoms with van der Waals surface area (Å²) >= 11 is 8.85. The van der Waals surface area contributed by atoms with Crippen molar-refractivity contribution in [1.29, 1.82) is 0 Å². The van der Waals surface area contributed by atoms with Crippen LogP contribution in [-0.4, -0.2) is 18.4 Å². The topological polar surface area (TPSA) is 63.4 Å². The molecule has 4 nitrogen and oxygen atoms in total. The van der Waals surface area contributed by atoms with Crippen molar-refractivity contribution in [3.63, 3.8) is 0 Å². The van der Waals surface area contributed by atoms with Crippen molar-refractivity contribution in [3.8, 4) is 0 Å².